The fraction of sp³-hybridized carbons (Fsp3) is 0. The summed E-state index contributed by atoms with van der Waals surface area (Å²) in [5.41, 5.74) is 11.7. The molecule has 0 N–H and O–H groups in total. The molecule has 0 amide bonds. The summed E-state index contributed by atoms with van der Waals surface area (Å²) in [5.74, 6) is 0.660. The van der Waals surface area contributed by atoms with E-state index in [1.54, 1.807) is 0 Å². The monoisotopic (exact) mass is 613 g/mol. The van der Waals surface area contributed by atoms with Crippen molar-refractivity contribution < 1.29 is 0 Å². The highest BCUT2D eigenvalue weighted by Crippen LogP contribution is 2.38. The van der Waals surface area contributed by atoms with E-state index in [0.717, 1.165) is 82.7 Å². The number of hydrogen-bond donors (Lipinski definition) is 0. The van der Waals surface area contributed by atoms with Crippen molar-refractivity contribution in [3.05, 3.63) is 164 Å². The molecule has 10 aromatic rings. The predicted molar refractivity (Wildman–Crippen MR) is 197 cm³/mol. The van der Waals surface area contributed by atoms with E-state index in [4.69, 9.17) is 15.0 Å². The molecule has 5 heteroatoms. The van der Waals surface area contributed by atoms with Crippen LogP contribution in [-0.4, -0.2) is 24.1 Å². The Labute approximate surface area is 276 Å². The Morgan fingerprint density at radius 1 is 0.396 bits per heavy atom. The number of benzene rings is 6. The van der Waals surface area contributed by atoms with Crippen molar-refractivity contribution in [1.29, 1.82) is 0 Å². The van der Waals surface area contributed by atoms with Crippen molar-refractivity contribution in [3.63, 3.8) is 0 Å². The maximum atomic E-state index is 5.23. The van der Waals surface area contributed by atoms with Gasteiger partial charge in [-0.1, -0.05) is 97.1 Å². The molecular formula is C43H27N5. The summed E-state index contributed by atoms with van der Waals surface area (Å²) in [4.78, 5) is 15.2. The van der Waals surface area contributed by atoms with Crippen molar-refractivity contribution in [2.75, 3.05) is 0 Å². The highest BCUT2D eigenvalue weighted by Gasteiger charge is 2.19. The van der Waals surface area contributed by atoms with E-state index in [2.05, 4.69) is 143 Å². The predicted octanol–water partition coefficient (Wildman–Crippen LogP) is 10.6. The van der Waals surface area contributed by atoms with E-state index in [0.29, 0.717) is 5.95 Å². The second-order valence-corrected chi connectivity index (χ2v) is 12.1. The summed E-state index contributed by atoms with van der Waals surface area (Å²) in [7, 11) is 0. The number of nitrogens with zero attached hydrogens (tertiary/aromatic N) is 5. The third-order valence-electron chi connectivity index (χ3n) is 9.38. The van der Waals surface area contributed by atoms with Crippen LogP contribution in [0.15, 0.2) is 164 Å². The van der Waals surface area contributed by atoms with Crippen molar-refractivity contribution >= 4 is 54.6 Å². The van der Waals surface area contributed by atoms with Gasteiger partial charge >= 0.3 is 0 Å². The molecule has 0 aliphatic heterocycles. The van der Waals surface area contributed by atoms with Crippen LogP contribution >= 0.6 is 0 Å². The Balaban J connectivity index is 1.18. The molecule has 0 saturated carbocycles. The fourth-order valence-corrected chi connectivity index (χ4v) is 7.22. The molecule has 0 fully saturated rings. The summed E-state index contributed by atoms with van der Waals surface area (Å²) in [6.07, 6.45) is 1.88. The lowest BCUT2D eigenvalue weighted by Gasteiger charge is -2.12. The quantitative estimate of drug-likeness (QED) is 0.198. The van der Waals surface area contributed by atoms with Crippen LogP contribution in [0.2, 0.25) is 0 Å². The minimum absolute atomic E-state index is 0.660. The third-order valence-corrected chi connectivity index (χ3v) is 9.38. The second kappa shape index (κ2) is 10.5. The van der Waals surface area contributed by atoms with Gasteiger partial charge in [-0.25, -0.2) is 9.97 Å². The van der Waals surface area contributed by atoms with Gasteiger partial charge in [-0.15, -0.1) is 0 Å². The topological polar surface area (TPSA) is 48.5 Å². The normalized spacial score (nSPS) is 11.8. The van der Waals surface area contributed by atoms with Crippen LogP contribution < -0.4 is 0 Å². The molecule has 0 atom stereocenters. The van der Waals surface area contributed by atoms with E-state index in [1.165, 1.54) is 0 Å². The molecule has 224 valence electrons. The van der Waals surface area contributed by atoms with Crippen molar-refractivity contribution in [3.8, 4) is 34.0 Å². The molecule has 10 rings (SSSR count). The summed E-state index contributed by atoms with van der Waals surface area (Å²) in [6.45, 7) is 0. The Hall–Kier alpha value is -6.59. The first-order valence-electron chi connectivity index (χ1n) is 16.1. The number of pyridine rings is 1. The summed E-state index contributed by atoms with van der Waals surface area (Å²) in [6, 6.07) is 55.3. The van der Waals surface area contributed by atoms with Crippen molar-refractivity contribution in [2.24, 2.45) is 0 Å². The molecule has 0 aliphatic carbocycles. The highest BCUT2D eigenvalue weighted by molar-refractivity contribution is 6.12. The fourth-order valence-electron chi connectivity index (χ4n) is 7.22. The van der Waals surface area contributed by atoms with E-state index in [1.807, 2.05) is 30.5 Å². The molecule has 0 unspecified atom stereocenters. The molecule has 0 radical (unpaired) electrons. The zero-order chi connectivity index (χ0) is 31.6. The van der Waals surface area contributed by atoms with E-state index in [9.17, 15) is 0 Å². The molecule has 4 aromatic heterocycles. The number of para-hydroxylation sites is 3. The molecule has 0 spiro atoms. The molecule has 48 heavy (non-hydrogen) atoms. The number of aromatic nitrogens is 5. The number of hydrogen-bond acceptors (Lipinski definition) is 3. The van der Waals surface area contributed by atoms with Crippen LogP contribution in [0, 0.1) is 0 Å². The van der Waals surface area contributed by atoms with Crippen LogP contribution in [0.4, 0.5) is 0 Å². The van der Waals surface area contributed by atoms with Crippen molar-refractivity contribution in [2.45, 2.75) is 0 Å². The van der Waals surface area contributed by atoms with Crippen LogP contribution in [0.25, 0.3) is 88.7 Å². The maximum Gasteiger partial charge on any atom is 0.235 e. The zero-order valence-corrected chi connectivity index (χ0v) is 25.8. The lowest BCUT2D eigenvalue weighted by molar-refractivity contribution is 1.01. The van der Waals surface area contributed by atoms with Gasteiger partial charge < -0.3 is 4.57 Å². The third kappa shape index (κ3) is 4.01. The molecule has 0 bridgehead atoms. The van der Waals surface area contributed by atoms with E-state index >= 15 is 0 Å². The first kappa shape index (κ1) is 26.6. The van der Waals surface area contributed by atoms with Crippen LogP contribution in [0.5, 0.6) is 0 Å². The van der Waals surface area contributed by atoms with Gasteiger partial charge in [0.25, 0.3) is 0 Å². The second-order valence-electron chi connectivity index (χ2n) is 12.1. The lowest BCUT2D eigenvalue weighted by Crippen LogP contribution is -2.03. The molecule has 4 heterocycles. The van der Waals surface area contributed by atoms with Crippen molar-refractivity contribution in [1.82, 2.24) is 24.1 Å². The first-order chi connectivity index (χ1) is 23.8. The smallest absolute Gasteiger partial charge is 0.235 e. The zero-order valence-electron chi connectivity index (χ0n) is 25.8. The average Bonchev–Trinajstić information content (AvgIpc) is 3.67. The van der Waals surface area contributed by atoms with E-state index in [-0.39, 0.29) is 0 Å². The van der Waals surface area contributed by atoms with Crippen LogP contribution in [-0.2, 0) is 0 Å². The molecular weight excluding hydrogens is 587 g/mol. The Morgan fingerprint density at radius 3 is 1.83 bits per heavy atom. The SMILES string of the molecule is c1ccc(-c2nc(-n3c4ccccc4c4cc(-c5ccc6c(c5)c5ncccc5n6-c5ccccc5)ccc43)nc3ccccc23)cc1. The van der Waals surface area contributed by atoms with Gasteiger partial charge in [0, 0.05) is 39.0 Å². The largest absolute Gasteiger partial charge is 0.308 e. The van der Waals surface area contributed by atoms with Gasteiger partial charge in [-0.2, -0.15) is 0 Å². The van der Waals surface area contributed by atoms with Crippen LogP contribution in [0.1, 0.15) is 0 Å². The molecule has 0 aliphatic rings. The Kier molecular flexibility index (Phi) is 5.81. The minimum atomic E-state index is 0.660. The highest BCUT2D eigenvalue weighted by atomic mass is 15.2. The van der Waals surface area contributed by atoms with Gasteiger partial charge in [0.15, 0.2) is 0 Å². The average molecular weight is 614 g/mol. The minimum Gasteiger partial charge on any atom is -0.308 e. The van der Waals surface area contributed by atoms with Crippen LogP contribution in [0.3, 0.4) is 0 Å². The molecule has 6 aromatic carbocycles. The first-order valence-corrected chi connectivity index (χ1v) is 16.1. The lowest BCUT2D eigenvalue weighted by atomic mass is 10.0. The molecule has 0 saturated heterocycles. The number of fused-ring (bicyclic) bond motifs is 7. The van der Waals surface area contributed by atoms with Gasteiger partial charge in [0.1, 0.15) is 0 Å². The van der Waals surface area contributed by atoms with Gasteiger partial charge in [0.05, 0.1) is 38.8 Å². The maximum absolute atomic E-state index is 5.23. The van der Waals surface area contributed by atoms with Gasteiger partial charge in [-0.3, -0.25) is 9.55 Å². The summed E-state index contributed by atoms with van der Waals surface area (Å²) < 4.78 is 4.50. The van der Waals surface area contributed by atoms with Gasteiger partial charge in [-0.05, 0) is 71.8 Å². The van der Waals surface area contributed by atoms with Gasteiger partial charge in [0.2, 0.25) is 5.95 Å². The standard InChI is InChI=1S/C43H27N5/c1-3-12-28(13-4-1)41-33-17-7-9-18-36(33)45-43(46-41)48-37-19-10-8-16-32(37)34-26-29(21-23-38(34)48)30-22-24-39-35(27-30)42-40(20-11-25-44-42)47(39)31-14-5-2-6-15-31/h1-27H. The summed E-state index contributed by atoms with van der Waals surface area (Å²) >= 11 is 0. The Morgan fingerprint density at radius 2 is 1.02 bits per heavy atom. The Bertz CT molecular complexity index is 2830. The van der Waals surface area contributed by atoms with E-state index < -0.39 is 0 Å². The summed E-state index contributed by atoms with van der Waals surface area (Å²) in [5, 5.41) is 4.49. The number of rotatable bonds is 4. The molecule has 5 nitrogen and oxygen atoms in total.